The lowest BCUT2D eigenvalue weighted by molar-refractivity contribution is 0.221. The predicted octanol–water partition coefficient (Wildman–Crippen LogP) is 4.87. The molecule has 4 heteroatoms. The highest BCUT2D eigenvalue weighted by atomic mass is 32.1. The zero-order valence-corrected chi connectivity index (χ0v) is 13.5. The molecule has 3 rings (SSSR count). The van der Waals surface area contributed by atoms with Crippen molar-refractivity contribution in [2.24, 2.45) is 0 Å². The molecule has 112 valence electrons. The van der Waals surface area contributed by atoms with Crippen molar-refractivity contribution < 1.29 is 4.79 Å². The Morgan fingerprint density at radius 3 is 2.68 bits per heavy atom. The van der Waals surface area contributed by atoms with E-state index in [1.165, 1.54) is 10.4 Å². The molecule has 0 radical (unpaired) electrons. The average Bonchev–Trinajstić information content (AvgIpc) is 2.93. The summed E-state index contributed by atoms with van der Waals surface area (Å²) in [5.74, 6) is 0. The molecule has 0 aliphatic heterocycles. The summed E-state index contributed by atoms with van der Waals surface area (Å²) in [6, 6.07) is 16.0. The largest absolute Gasteiger partial charge is 0.322 e. The number of nitrogens with zero attached hydrogens (tertiary/aromatic N) is 1. The zero-order valence-electron chi connectivity index (χ0n) is 12.7. The minimum Gasteiger partial charge on any atom is -0.322 e. The zero-order chi connectivity index (χ0) is 15.5. The highest BCUT2D eigenvalue weighted by Gasteiger charge is 2.12. The maximum absolute atomic E-state index is 12.4. The smallest absolute Gasteiger partial charge is 0.321 e. The van der Waals surface area contributed by atoms with Gasteiger partial charge in [-0.3, -0.25) is 0 Å². The summed E-state index contributed by atoms with van der Waals surface area (Å²) < 4.78 is 0. The molecule has 0 atom stereocenters. The molecule has 1 aromatic heterocycles. The summed E-state index contributed by atoms with van der Waals surface area (Å²) in [6.07, 6.45) is 0. The highest BCUT2D eigenvalue weighted by molar-refractivity contribution is 7.10. The summed E-state index contributed by atoms with van der Waals surface area (Å²) in [5, 5.41) is 7.24. The van der Waals surface area contributed by atoms with Crippen LogP contribution in [0.15, 0.2) is 53.9 Å². The number of urea groups is 1. The Balaban J connectivity index is 1.77. The van der Waals surface area contributed by atoms with Gasteiger partial charge < -0.3 is 10.2 Å². The number of rotatable bonds is 3. The van der Waals surface area contributed by atoms with Gasteiger partial charge in [0.2, 0.25) is 0 Å². The van der Waals surface area contributed by atoms with Gasteiger partial charge in [0.1, 0.15) is 0 Å². The Labute approximate surface area is 134 Å². The third-order valence-electron chi connectivity index (χ3n) is 3.73. The number of anilines is 1. The van der Waals surface area contributed by atoms with E-state index in [9.17, 15) is 4.79 Å². The predicted molar refractivity (Wildman–Crippen MR) is 93.5 cm³/mol. The van der Waals surface area contributed by atoms with Crippen molar-refractivity contribution in [2.75, 3.05) is 12.4 Å². The second-order valence-corrected chi connectivity index (χ2v) is 6.34. The van der Waals surface area contributed by atoms with Crippen LogP contribution in [-0.4, -0.2) is 18.0 Å². The molecule has 0 bridgehead atoms. The van der Waals surface area contributed by atoms with Gasteiger partial charge in [-0.2, -0.15) is 0 Å². The minimum atomic E-state index is -0.0934. The lowest BCUT2D eigenvalue weighted by Gasteiger charge is -2.18. The maximum Gasteiger partial charge on any atom is 0.321 e. The molecule has 0 spiro atoms. The Hall–Kier alpha value is -2.33. The molecule has 2 amide bonds. The summed E-state index contributed by atoms with van der Waals surface area (Å²) in [7, 11) is 1.82. The minimum absolute atomic E-state index is 0.0934. The van der Waals surface area contributed by atoms with Crippen molar-refractivity contribution in [2.45, 2.75) is 13.5 Å². The molecule has 0 saturated heterocycles. The van der Waals surface area contributed by atoms with Gasteiger partial charge in [0.05, 0.1) is 12.2 Å². The quantitative estimate of drug-likeness (QED) is 0.735. The molecule has 22 heavy (non-hydrogen) atoms. The number of carbonyl (C=O) groups is 1. The van der Waals surface area contributed by atoms with Gasteiger partial charge in [-0.25, -0.2) is 4.79 Å². The first kappa shape index (κ1) is 14.6. The fourth-order valence-corrected chi connectivity index (χ4v) is 3.36. The van der Waals surface area contributed by atoms with E-state index in [1.807, 2.05) is 49.5 Å². The van der Waals surface area contributed by atoms with Crippen molar-refractivity contribution in [3.8, 4) is 0 Å². The van der Waals surface area contributed by atoms with Gasteiger partial charge in [0.15, 0.2) is 0 Å². The molecule has 2 aromatic carbocycles. The molecule has 0 aliphatic carbocycles. The lowest BCUT2D eigenvalue weighted by atomic mass is 10.1. The van der Waals surface area contributed by atoms with Crippen molar-refractivity contribution in [3.05, 3.63) is 64.4 Å². The Bertz CT molecular complexity index is 804. The number of carbonyl (C=O) groups excluding carboxylic acids is 1. The van der Waals surface area contributed by atoms with Crippen molar-refractivity contribution in [1.29, 1.82) is 0 Å². The molecule has 0 unspecified atom stereocenters. The van der Waals surface area contributed by atoms with E-state index in [4.69, 9.17) is 0 Å². The van der Waals surface area contributed by atoms with E-state index < -0.39 is 0 Å². The molecule has 0 fully saturated rings. The first-order valence-electron chi connectivity index (χ1n) is 7.18. The molecule has 0 aliphatic rings. The lowest BCUT2D eigenvalue weighted by Crippen LogP contribution is -2.30. The molecular formula is C18H18N2OS. The van der Waals surface area contributed by atoms with Gasteiger partial charge in [0, 0.05) is 17.3 Å². The monoisotopic (exact) mass is 310 g/mol. The second-order valence-electron chi connectivity index (χ2n) is 5.34. The van der Waals surface area contributed by atoms with E-state index in [2.05, 4.69) is 23.7 Å². The third-order valence-corrected chi connectivity index (χ3v) is 4.73. The van der Waals surface area contributed by atoms with Crippen molar-refractivity contribution in [1.82, 2.24) is 4.90 Å². The van der Waals surface area contributed by atoms with Gasteiger partial charge in [-0.05, 0) is 35.4 Å². The van der Waals surface area contributed by atoms with Gasteiger partial charge >= 0.3 is 6.03 Å². The number of nitrogens with one attached hydrogen (secondary N) is 1. The van der Waals surface area contributed by atoms with E-state index >= 15 is 0 Å². The summed E-state index contributed by atoms with van der Waals surface area (Å²) in [4.78, 5) is 15.3. The molecule has 1 N–H and O–H groups in total. The Kier molecular flexibility index (Phi) is 4.11. The van der Waals surface area contributed by atoms with E-state index in [0.29, 0.717) is 6.54 Å². The summed E-state index contributed by atoms with van der Waals surface area (Å²) in [6.45, 7) is 2.70. The van der Waals surface area contributed by atoms with Gasteiger partial charge in [-0.1, -0.05) is 36.4 Å². The molecular weight excluding hydrogens is 292 g/mol. The molecule has 3 aromatic rings. The number of amides is 2. The van der Waals surface area contributed by atoms with E-state index in [1.54, 1.807) is 16.2 Å². The number of aryl methyl sites for hydroxylation is 1. The van der Waals surface area contributed by atoms with Crippen LogP contribution in [0.5, 0.6) is 0 Å². The standard InChI is InChI=1S/C18H18N2OS/c1-13-10-11-22-17(13)12-20(2)18(21)19-16-9-5-7-14-6-3-4-8-15(14)16/h3-11H,12H2,1-2H3,(H,19,21). The molecule has 1 heterocycles. The fourth-order valence-electron chi connectivity index (χ4n) is 2.40. The van der Waals surface area contributed by atoms with Crippen LogP contribution < -0.4 is 5.32 Å². The number of thiophene rings is 1. The normalized spacial score (nSPS) is 10.6. The van der Waals surface area contributed by atoms with Gasteiger partial charge in [-0.15, -0.1) is 11.3 Å². The molecule has 0 saturated carbocycles. The number of hydrogen-bond donors (Lipinski definition) is 1. The van der Waals surface area contributed by atoms with Crippen LogP contribution in [-0.2, 0) is 6.54 Å². The highest BCUT2D eigenvalue weighted by Crippen LogP contribution is 2.23. The average molecular weight is 310 g/mol. The van der Waals surface area contributed by atoms with Crippen LogP contribution >= 0.6 is 11.3 Å². The van der Waals surface area contributed by atoms with Crippen LogP contribution in [0.25, 0.3) is 10.8 Å². The van der Waals surface area contributed by atoms with Crippen molar-refractivity contribution >= 4 is 33.8 Å². The first-order chi connectivity index (χ1) is 10.6. The van der Waals surface area contributed by atoms with Crippen LogP contribution in [0.1, 0.15) is 10.4 Å². The van der Waals surface area contributed by atoms with Gasteiger partial charge in [0.25, 0.3) is 0 Å². The fraction of sp³-hybridized carbons (Fsp3) is 0.167. The SMILES string of the molecule is Cc1ccsc1CN(C)C(=O)Nc1cccc2ccccc12. The van der Waals surface area contributed by atoms with Crippen LogP contribution in [0, 0.1) is 6.92 Å². The Morgan fingerprint density at radius 2 is 1.91 bits per heavy atom. The first-order valence-corrected chi connectivity index (χ1v) is 8.06. The maximum atomic E-state index is 12.4. The number of fused-ring (bicyclic) bond motifs is 1. The Morgan fingerprint density at radius 1 is 1.14 bits per heavy atom. The van der Waals surface area contributed by atoms with Crippen molar-refractivity contribution in [3.63, 3.8) is 0 Å². The summed E-state index contributed by atoms with van der Waals surface area (Å²) >= 11 is 1.68. The van der Waals surface area contributed by atoms with E-state index in [-0.39, 0.29) is 6.03 Å². The van der Waals surface area contributed by atoms with E-state index in [0.717, 1.165) is 16.5 Å². The van der Waals surface area contributed by atoms with Crippen LogP contribution in [0.3, 0.4) is 0 Å². The third kappa shape index (κ3) is 2.97. The number of benzene rings is 2. The second kappa shape index (κ2) is 6.20. The van der Waals surface area contributed by atoms with Crippen LogP contribution in [0.4, 0.5) is 10.5 Å². The summed E-state index contributed by atoms with van der Waals surface area (Å²) in [5.41, 5.74) is 2.08. The van der Waals surface area contributed by atoms with Crippen LogP contribution in [0.2, 0.25) is 0 Å². The topological polar surface area (TPSA) is 32.3 Å². The molecule has 3 nitrogen and oxygen atoms in total. The number of hydrogen-bond acceptors (Lipinski definition) is 2.